The first-order valence-electron chi connectivity index (χ1n) is 5.02. The van der Waals surface area contributed by atoms with Gasteiger partial charge in [-0.3, -0.25) is 0 Å². The summed E-state index contributed by atoms with van der Waals surface area (Å²) in [5.74, 6) is -1.24. The maximum atomic E-state index is 13.2. The van der Waals surface area contributed by atoms with Crippen molar-refractivity contribution in [2.75, 3.05) is 13.2 Å². The normalized spacial score (nSPS) is 14.8. The lowest BCUT2D eigenvalue weighted by molar-refractivity contribution is 0.157. The molecule has 0 spiro atoms. The molecule has 0 fully saturated rings. The van der Waals surface area contributed by atoms with E-state index in [1.807, 2.05) is 0 Å². The van der Waals surface area contributed by atoms with Crippen molar-refractivity contribution >= 4 is 0 Å². The molecule has 0 bridgehead atoms. The monoisotopic (exact) mass is 231 g/mol. The molecule has 0 saturated heterocycles. The largest absolute Gasteiger partial charge is 0.395 e. The van der Waals surface area contributed by atoms with Crippen molar-refractivity contribution in [3.8, 4) is 0 Å². The highest BCUT2D eigenvalue weighted by atomic mass is 19.1. The third-order valence-corrected chi connectivity index (χ3v) is 2.25. The standard InChI is InChI=1S/C11H15F2NO2/c1-7(6-15)14-5-11(16)9-4-8(12)2-3-10(9)13/h2-4,7,11,14-16H,5-6H2,1H3. The lowest BCUT2D eigenvalue weighted by Crippen LogP contribution is -2.33. The van der Waals surface area contributed by atoms with Gasteiger partial charge in [-0.15, -0.1) is 0 Å². The fourth-order valence-corrected chi connectivity index (χ4v) is 1.26. The van der Waals surface area contributed by atoms with E-state index >= 15 is 0 Å². The molecule has 0 aliphatic heterocycles. The molecule has 0 aliphatic carbocycles. The number of benzene rings is 1. The minimum Gasteiger partial charge on any atom is -0.395 e. The Morgan fingerprint density at radius 1 is 1.38 bits per heavy atom. The molecule has 2 unspecified atom stereocenters. The maximum absolute atomic E-state index is 13.2. The van der Waals surface area contributed by atoms with Crippen molar-refractivity contribution < 1.29 is 19.0 Å². The summed E-state index contributed by atoms with van der Waals surface area (Å²) < 4.78 is 26.1. The number of aliphatic hydroxyl groups is 2. The van der Waals surface area contributed by atoms with Crippen molar-refractivity contribution in [2.24, 2.45) is 0 Å². The number of hydrogen-bond acceptors (Lipinski definition) is 3. The molecule has 5 heteroatoms. The van der Waals surface area contributed by atoms with Crippen molar-refractivity contribution in [2.45, 2.75) is 19.1 Å². The van der Waals surface area contributed by atoms with Crippen LogP contribution in [-0.4, -0.2) is 29.4 Å². The summed E-state index contributed by atoms with van der Waals surface area (Å²) in [6, 6.07) is 2.73. The van der Waals surface area contributed by atoms with E-state index in [0.717, 1.165) is 18.2 Å². The van der Waals surface area contributed by atoms with Crippen LogP contribution in [0.5, 0.6) is 0 Å². The van der Waals surface area contributed by atoms with Gasteiger partial charge in [0.15, 0.2) is 0 Å². The van der Waals surface area contributed by atoms with Crippen molar-refractivity contribution in [3.05, 3.63) is 35.4 Å². The number of nitrogens with one attached hydrogen (secondary N) is 1. The van der Waals surface area contributed by atoms with Gasteiger partial charge >= 0.3 is 0 Å². The van der Waals surface area contributed by atoms with Gasteiger partial charge in [0.2, 0.25) is 0 Å². The van der Waals surface area contributed by atoms with Crippen molar-refractivity contribution in [1.29, 1.82) is 0 Å². The van der Waals surface area contributed by atoms with E-state index in [0.29, 0.717) is 0 Å². The minimum absolute atomic E-state index is 0.0576. The summed E-state index contributed by atoms with van der Waals surface area (Å²) >= 11 is 0. The average molecular weight is 231 g/mol. The highest BCUT2D eigenvalue weighted by Gasteiger charge is 2.14. The molecular formula is C11H15F2NO2. The second kappa shape index (κ2) is 5.89. The summed E-state index contributed by atoms with van der Waals surface area (Å²) in [5, 5.41) is 21.1. The first-order chi connectivity index (χ1) is 7.54. The Balaban J connectivity index is 2.65. The second-order valence-electron chi connectivity index (χ2n) is 3.67. The molecule has 0 aliphatic rings. The fraction of sp³-hybridized carbons (Fsp3) is 0.455. The predicted octanol–water partition coefficient (Wildman–Crippen LogP) is 0.969. The van der Waals surface area contributed by atoms with Crippen LogP contribution in [0.4, 0.5) is 8.78 Å². The second-order valence-corrected chi connectivity index (χ2v) is 3.67. The third-order valence-electron chi connectivity index (χ3n) is 2.25. The Labute approximate surface area is 92.7 Å². The predicted molar refractivity (Wildman–Crippen MR) is 55.9 cm³/mol. The van der Waals surface area contributed by atoms with Gasteiger partial charge in [-0.1, -0.05) is 0 Å². The Kier molecular flexibility index (Phi) is 4.79. The summed E-state index contributed by atoms with van der Waals surface area (Å²) in [6.07, 6.45) is -1.13. The summed E-state index contributed by atoms with van der Waals surface area (Å²) in [5.41, 5.74) is -0.0855. The van der Waals surface area contributed by atoms with E-state index in [2.05, 4.69) is 5.32 Å². The zero-order chi connectivity index (χ0) is 12.1. The Bertz CT molecular complexity index is 347. The van der Waals surface area contributed by atoms with E-state index in [1.54, 1.807) is 6.92 Å². The third kappa shape index (κ3) is 3.52. The number of halogens is 2. The molecule has 3 N–H and O–H groups in total. The van der Waals surface area contributed by atoms with Gasteiger partial charge in [0.1, 0.15) is 11.6 Å². The molecule has 90 valence electrons. The zero-order valence-corrected chi connectivity index (χ0v) is 8.95. The molecule has 0 radical (unpaired) electrons. The van der Waals surface area contributed by atoms with Crippen LogP contribution in [0.1, 0.15) is 18.6 Å². The van der Waals surface area contributed by atoms with Gasteiger partial charge < -0.3 is 15.5 Å². The van der Waals surface area contributed by atoms with Crippen LogP contribution in [0.2, 0.25) is 0 Å². The van der Waals surface area contributed by atoms with Gasteiger partial charge in [-0.25, -0.2) is 8.78 Å². The molecule has 0 heterocycles. The van der Waals surface area contributed by atoms with E-state index in [1.165, 1.54) is 0 Å². The SMILES string of the molecule is CC(CO)NCC(O)c1cc(F)ccc1F. The number of hydrogen-bond donors (Lipinski definition) is 3. The topological polar surface area (TPSA) is 52.5 Å². The van der Waals surface area contributed by atoms with E-state index in [4.69, 9.17) is 5.11 Å². The smallest absolute Gasteiger partial charge is 0.129 e. The summed E-state index contributed by atoms with van der Waals surface area (Å²) in [4.78, 5) is 0. The molecule has 1 rings (SSSR count). The summed E-state index contributed by atoms with van der Waals surface area (Å²) in [7, 11) is 0. The Hall–Kier alpha value is -1.04. The van der Waals surface area contributed by atoms with Crippen molar-refractivity contribution in [3.63, 3.8) is 0 Å². The molecule has 1 aromatic carbocycles. The number of rotatable bonds is 5. The van der Waals surface area contributed by atoms with Gasteiger partial charge in [0, 0.05) is 18.2 Å². The molecule has 1 aromatic rings. The van der Waals surface area contributed by atoms with Crippen LogP contribution in [0, 0.1) is 11.6 Å². The van der Waals surface area contributed by atoms with Crippen LogP contribution >= 0.6 is 0 Å². The molecule has 0 amide bonds. The van der Waals surface area contributed by atoms with Gasteiger partial charge in [-0.05, 0) is 25.1 Å². The molecular weight excluding hydrogens is 216 g/mol. The highest BCUT2D eigenvalue weighted by molar-refractivity contribution is 5.21. The van der Waals surface area contributed by atoms with Gasteiger partial charge in [0.25, 0.3) is 0 Å². The molecule has 0 saturated carbocycles. The quantitative estimate of drug-likeness (QED) is 0.707. The summed E-state index contributed by atoms with van der Waals surface area (Å²) in [6.45, 7) is 1.69. The van der Waals surface area contributed by atoms with Crippen LogP contribution in [0.25, 0.3) is 0 Å². The first-order valence-corrected chi connectivity index (χ1v) is 5.02. The Morgan fingerprint density at radius 3 is 2.69 bits per heavy atom. The molecule has 0 aromatic heterocycles. The Morgan fingerprint density at radius 2 is 2.06 bits per heavy atom. The van der Waals surface area contributed by atoms with Gasteiger partial charge in [0.05, 0.1) is 12.7 Å². The highest BCUT2D eigenvalue weighted by Crippen LogP contribution is 2.17. The van der Waals surface area contributed by atoms with E-state index < -0.39 is 17.7 Å². The minimum atomic E-state index is -1.13. The fourth-order valence-electron chi connectivity index (χ4n) is 1.26. The molecule has 16 heavy (non-hydrogen) atoms. The molecule has 3 nitrogen and oxygen atoms in total. The number of aliphatic hydroxyl groups excluding tert-OH is 2. The van der Waals surface area contributed by atoms with Crippen molar-refractivity contribution in [1.82, 2.24) is 5.32 Å². The van der Waals surface area contributed by atoms with Crippen LogP contribution in [0.15, 0.2) is 18.2 Å². The molecule has 2 atom stereocenters. The zero-order valence-electron chi connectivity index (χ0n) is 8.95. The van der Waals surface area contributed by atoms with Crippen LogP contribution in [-0.2, 0) is 0 Å². The van der Waals surface area contributed by atoms with Crippen LogP contribution < -0.4 is 5.32 Å². The van der Waals surface area contributed by atoms with Crippen LogP contribution in [0.3, 0.4) is 0 Å². The average Bonchev–Trinajstić information content (AvgIpc) is 2.28. The lowest BCUT2D eigenvalue weighted by Gasteiger charge is -2.16. The lowest BCUT2D eigenvalue weighted by atomic mass is 10.1. The van der Waals surface area contributed by atoms with E-state index in [9.17, 15) is 13.9 Å². The maximum Gasteiger partial charge on any atom is 0.129 e. The van der Waals surface area contributed by atoms with E-state index in [-0.39, 0.29) is 24.8 Å². The van der Waals surface area contributed by atoms with Gasteiger partial charge in [-0.2, -0.15) is 0 Å². The first kappa shape index (κ1) is 13.0.